The maximum atomic E-state index is 11.8. The Kier molecular flexibility index (Phi) is 5.83. The van der Waals surface area contributed by atoms with Crippen LogP contribution in [0.3, 0.4) is 0 Å². The van der Waals surface area contributed by atoms with Crippen LogP contribution in [0, 0.1) is 5.41 Å². The predicted molar refractivity (Wildman–Crippen MR) is 82.2 cm³/mol. The SMILES string of the molecule is CC(C)(C)CCS(=O)(=O)NCCOc1cccc(N)c1. The highest BCUT2D eigenvalue weighted by molar-refractivity contribution is 7.89. The van der Waals surface area contributed by atoms with Gasteiger partial charge in [0.05, 0.1) is 5.75 Å². The van der Waals surface area contributed by atoms with Gasteiger partial charge in [-0.05, 0) is 24.0 Å². The fourth-order valence-electron chi connectivity index (χ4n) is 1.48. The van der Waals surface area contributed by atoms with E-state index < -0.39 is 10.0 Å². The molecule has 0 amide bonds. The Hall–Kier alpha value is -1.27. The lowest BCUT2D eigenvalue weighted by Gasteiger charge is -2.17. The van der Waals surface area contributed by atoms with E-state index in [-0.39, 0.29) is 24.3 Å². The molecule has 5 nitrogen and oxygen atoms in total. The van der Waals surface area contributed by atoms with Crippen LogP contribution in [0.2, 0.25) is 0 Å². The molecule has 0 aliphatic rings. The molecule has 0 heterocycles. The zero-order chi connectivity index (χ0) is 15.2. The monoisotopic (exact) mass is 300 g/mol. The Morgan fingerprint density at radius 2 is 2.00 bits per heavy atom. The van der Waals surface area contributed by atoms with Crippen LogP contribution in [-0.4, -0.2) is 27.3 Å². The van der Waals surface area contributed by atoms with Gasteiger partial charge in [-0.25, -0.2) is 13.1 Å². The van der Waals surface area contributed by atoms with E-state index in [1.54, 1.807) is 24.3 Å². The molecule has 0 aromatic heterocycles. The van der Waals surface area contributed by atoms with Crippen molar-refractivity contribution < 1.29 is 13.2 Å². The molecule has 0 saturated carbocycles. The molecule has 0 spiro atoms. The van der Waals surface area contributed by atoms with Gasteiger partial charge in [-0.3, -0.25) is 0 Å². The highest BCUT2D eigenvalue weighted by atomic mass is 32.2. The number of hydrogen-bond acceptors (Lipinski definition) is 4. The van der Waals surface area contributed by atoms with Crippen LogP contribution in [0.5, 0.6) is 5.75 Å². The topological polar surface area (TPSA) is 81.4 Å². The van der Waals surface area contributed by atoms with Crippen molar-refractivity contribution in [1.82, 2.24) is 4.72 Å². The molecule has 114 valence electrons. The minimum Gasteiger partial charge on any atom is -0.492 e. The highest BCUT2D eigenvalue weighted by Crippen LogP contribution is 2.18. The minimum atomic E-state index is -3.23. The van der Waals surface area contributed by atoms with Gasteiger partial charge < -0.3 is 10.5 Å². The number of benzene rings is 1. The van der Waals surface area contributed by atoms with Crippen molar-refractivity contribution in [3.63, 3.8) is 0 Å². The maximum Gasteiger partial charge on any atom is 0.211 e. The third-order valence-corrected chi connectivity index (χ3v) is 4.06. The predicted octanol–water partition coefficient (Wildman–Crippen LogP) is 2.00. The van der Waals surface area contributed by atoms with E-state index in [4.69, 9.17) is 10.5 Å². The van der Waals surface area contributed by atoms with Crippen molar-refractivity contribution in [3.8, 4) is 5.75 Å². The first-order valence-corrected chi connectivity index (χ1v) is 8.29. The molecule has 6 heteroatoms. The first-order chi connectivity index (χ1) is 9.18. The largest absolute Gasteiger partial charge is 0.492 e. The van der Waals surface area contributed by atoms with Crippen molar-refractivity contribution in [1.29, 1.82) is 0 Å². The number of hydrogen-bond donors (Lipinski definition) is 2. The molecule has 3 N–H and O–H groups in total. The lowest BCUT2D eigenvalue weighted by atomic mass is 9.94. The maximum absolute atomic E-state index is 11.8. The normalized spacial score (nSPS) is 12.3. The third kappa shape index (κ3) is 7.35. The molecule has 0 bridgehead atoms. The molecule has 1 rings (SSSR count). The van der Waals surface area contributed by atoms with Crippen LogP contribution >= 0.6 is 0 Å². The molecule has 1 aromatic carbocycles. The average molecular weight is 300 g/mol. The first-order valence-electron chi connectivity index (χ1n) is 6.64. The van der Waals surface area contributed by atoms with E-state index >= 15 is 0 Å². The van der Waals surface area contributed by atoms with Crippen molar-refractivity contribution in [2.45, 2.75) is 27.2 Å². The van der Waals surface area contributed by atoms with Gasteiger partial charge in [-0.2, -0.15) is 0 Å². The summed E-state index contributed by atoms with van der Waals surface area (Å²) in [6.07, 6.45) is 0.623. The third-order valence-electron chi connectivity index (χ3n) is 2.67. The Morgan fingerprint density at radius 1 is 1.30 bits per heavy atom. The number of anilines is 1. The molecule has 0 radical (unpaired) electrons. The van der Waals surface area contributed by atoms with Gasteiger partial charge in [-0.15, -0.1) is 0 Å². The molecular formula is C14H24N2O3S. The first kappa shape index (κ1) is 16.8. The average Bonchev–Trinajstić information content (AvgIpc) is 2.32. The second-order valence-electron chi connectivity index (χ2n) is 5.94. The quantitative estimate of drug-likeness (QED) is 0.596. The molecule has 0 aliphatic heterocycles. The number of nitrogen functional groups attached to an aromatic ring is 1. The van der Waals surface area contributed by atoms with E-state index in [9.17, 15) is 8.42 Å². The molecule has 1 aromatic rings. The fraction of sp³-hybridized carbons (Fsp3) is 0.571. The summed E-state index contributed by atoms with van der Waals surface area (Å²) in [5.41, 5.74) is 6.25. The summed E-state index contributed by atoms with van der Waals surface area (Å²) in [4.78, 5) is 0. The molecular weight excluding hydrogens is 276 g/mol. The van der Waals surface area contributed by atoms with Gasteiger partial charge in [-0.1, -0.05) is 26.8 Å². The van der Waals surface area contributed by atoms with Crippen LogP contribution in [0.25, 0.3) is 0 Å². The van der Waals surface area contributed by atoms with Crippen molar-refractivity contribution in [2.75, 3.05) is 24.6 Å². The van der Waals surface area contributed by atoms with Crippen LogP contribution < -0.4 is 15.2 Å². The number of rotatable bonds is 7. The van der Waals surface area contributed by atoms with Crippen molar-refractivity contribution in [3.05, 3.63) is 24.3 Å². The summed E-state index contributed by atoms with van der Waals surface area (Å²) in [5.74, 6) is 0.772. The number of sulfonamides is 1. The van der Waals surface area contributed by atoms with Gasteiger partial charge >= 0.3 is 0 Å². The van der Waals surface area contributed by atoms with Gasteiger partial charge in [0, 0.05) is 18.3 Å². The van der Waals surface area contributed by atoms with E-state index in [1.165, 1.54) is 0 Å². The molecule has 0 aliphatic carbocycles. The summed E-state index contributed by atoms with van der Waals surface area (Å²) < 4.78 is 31.5. The van der Waals surface area contributed by atoms with Crippen molar-refractivity contribution in [2.24, 2.45) is 5.41 Å². The zero-order valence-electron chi connectivity index (χ0n) is 12.3. The Bertz CT molecular complexity index is 521. The lowest BCUT2D eigenvalue weighted by Crippen LogP contribution is -2.31. The van der Waals surface area contributed by atoms with E-state index in [0.717, 1.165) is 0 Å². The summed E-state index contributed by atoms with van der Waals surface area (Å²) in [7, 11) is -3.23. The van der Waals surface area contributed by atoms with Gasteiger partial charge in [0.2, 0.25) is 10.0 Å². The Morgan fingerprint density at radius 3 is 2.60 bits per heavy atom. The molecule has 20 heavy (non-hydrogen) atoms. The summed E-state index contributed by atoms with van der Waals surface area (Å²) >= 11 is 0. The zero-order valence-corrected chi connectivity index (χ0v) is 13.2. The molecule has 0 unspecified atom stereocenters. The molecule has 0 saturated heterocycles. The second kappa shape index (κ2) is 6.95. The summed E-state index contributed by atoms with van der Waals surface area (Å²) in [6, 6.07) is 7.04. The highest BCUT2D eigenvalue weighted by Gasteiger charge is 2.16. The Labute approximate surface area is 121 Å². The van der Waals surface area contributed by atoms with Crippen LogP contribution in [0.1, 0.15) is 27.2 Å². The van der Waals surface area contributed by atoms with Gasteiger partial charge in [0.1, 0.15) is 12.4 Å². The van der Waals surface area contributed by atoms with Crippen LogP contribution in [0.15, 0.2) is 24.3 Å². The second-order valence-corrected chi connectivity index (χ2v) is 7.87. The van der Waals surface area contributed by atoms with E-state index in [2.05, 4.69) is 4.72 Å². The van der Waals surface area contributed by atoms with E-state index in [1.807, 2.05) is 20.8 Å². The standard InChI is InChI=1S/C14H24N2O3S/c1-14(2,3)7-10-20(17,18)16-8-9-19-13-6-4-5-12(15)11-13/h4-6,11,16H,7-10,15H2,1-3H3. The number of nitrogens with two attached hydrogens (primary N) is 1. The van der Waals surface area contributed by atoms with Gasteiger partial charge in [0.15, 0.2) is 0 Å². The minimum absolute atomic E-state index is 0.00676. The van der Waals surface area contributed by atoms with E-state index in [0.29, 0.717) is 17.9 Å². The Balaban J connectivity index is 2.30. The van der Waals surface area contributed by atoms with Crippen LogP contribution in [-0.2, 0) is 10.0 Å². The summed E-state index contributed by atoms with van der Waals surface area (Å²) in [6.45, 7) is 6.59. The number of nitrogens with one attached hydrogen (secondary N) is 1. The smallest absolute Gasteiger partial charge is 0.211 e. The molecule has 0 atom stereocenters. The molecule has 0 fully saturated rings. The lowest BCUT2D eigenvalue weighted by molar-refractivity contribution is 0.322. The number of ether oxygens (including phenoxy) is 1. The van der Waals surface area contributed by atoms with Gasteiger partial charge in [0.25, 0.3) is 0 Å². The van der Waals surface area contributed by atoms with Crippen molar-refractivity contribution >= 4 is 15.7 Å². The summed E-state index contributed by atoms with van der Waals surface area (Å²) in [5, 5.41) is 0. The fourth-order valence-corrected chi connectivity index (χ4v) is 2.90. The van der Waals surface area contributed by atoms with Crippen LogP contribution in [0.4, 0.5) is 5.69 Å².